The van der Waals surface area contributed by atoms with Crippen LogP contribution in [0.4, 0.5) is 23.1 Å². The SMILES string of the molecule is COc1cc2c(cc1Nc1ncc(Cl)c(Nc3ccccc3S(=O)(=O)N3CCCC3)n1)CCN(CCO)CC2. The summed E-state index contributed by atoms with van der Waals surface area (Å²) in [6, 6.07) is 10.9. The Morgan fingerprint density at radius 3 is 2.46 bits per heavy atom. The summed E-state index contributed by atoms with van der Waals surface area (Å²) in [6.45, 7) is 3.58. The Bertz CT molecular complexity index is 1430. The molecule has 1 saturated heterocycles. The molecule has 12 heteroatoms. The third kappa shape index (κ3) is 6.12. The number of aliphatic hydroxyl groups is 1. The molecule has 0 amide bonds. The molecule has 0 atom stereocenters. The molecule has 0 saturated carbocycles. The summed E-state index contributed by atoms with van der Waals surface area (Å²) >= 11 is 6.43. The first kappa shape index (κ1) is 27.6. The van der Waals surface area contributed by atoms with Gasteiger partial charge in [0.1, 0.15) is 15.7 Å². The molecule has 3 heterocycles. The maximum atomic E-state index is 13.3. The van der Waals surface area contributed by atoms with Crippen molar-refractivity contribution in [3.63, 3.8) is 0 Å². The molecule has 3 aromatic rings. The number of fused-ring (bicyclic) bond motifs is 1. The van der Waals surface area contributed by atoms with E-state index in [2.05, 4.69) is 31.6 Å². The molecule has 0 aliphatic carbocycles. The normalized spacial score (nSPS) is 16.5. The fourth-order valence-electron chi connectivity index (χ4n) is 5.06. The minimum Gasteiger partial charge on any atom is -0.495 e. The van der Waals surface area contributed by atoms with Gasteiger partial charge in [0.05, 0.1) is 31.3 Å². The summed E-state index contributed by atoms with van der Waals surface area (Å²) in [5.74, 6) is 1.24. The van der Waals surface area contributed by atoms with Crippen LogP contribution >= 0.6 is 11.6 Å². The van der Waals surface area contributed by atoms with Crippen LogP contribution in [0.1, 0.15) is 24.0 Å². The Morgan fingerprint density at radius 1 is 1.03 bits per heavy atom. The summed E-state index contributed by atoms with van der Waals surface area (Å²) in [6.07, 6.45) is 4.91. The van der Waals surface area contributed by atoms with Gasteiger partial charge < -0.3 is 25.4 Å². The molecule has 0 radical (unpaired) electrons. The largest absolute Gasteiger partial charge is 0.495 e. The van der Waals surface area contributed by atoms with Crippen molar-refractivity contribution in [1.29, 1.82) is 0 Å². The predicted octanol–water partition coefficient (Wildman–Crippen LogP) is 3.80. The van der Waals surface area contributed by atoms with E-state index in [0.717, 1.165) is 44.5 Å². The van der Waals surface area contributed by atoms with Crippen LogP contribution < -0.4 is 15.4 Å². The van der Waals surface area contributed by atoms with Crippen LogP contribution in [0.5, 0.6) is 5.75 Å². The molecule has 39 heavy (non-hydrogen) atoms. The van der Waals surface area contributed by atoms with Crippen LogP contribution in [0.2, 0.25) is 5.02 Å². The number of nitrogens with one attached hydrogen (secondary N) is 2. The molecular formula is C27H33ClN6O4S. The molecule has 2 aromatic carbocycles. The van der Waals surface area contributed by atoms with Crippen molar-refractivity contribution in [2.45, 2.75) is 30.6 Å². The van der Waals surface area contributed by atoms with Crippen molar-refractivity contribution in [3.8, 4) is 5.75 Å². The highest BCUT2D eigenvalue weighted by Gasteiger charge is 2.29. The van der Waals surface area contributed by atoms with Gasteiger partial charge in [-0.1, -0.05) is 23.7 Å². The van der Waals surface area contributed by atoms with E-state index in [4.69, 9.17) is 16.3 Å². The Hall–Kier alpha value is -2.96. The van der Waals surface area contributed by atoms with Crippen LogP contribution in [0.3, 0.4) is 0 Å². The monoisotopic (exact) mass is 572 g/mol. The zero-order valence-corrected chi connectivity index (χ0v) is 23.4. The Kier molecular flexibility index (Phi) is 8.53. The number of para-hydroxylation sites is 1. The van der Waals surface area contributed by atoms with Crippen molar-refractivity contribution >= 4 is 44.8 Å². The first-order chi connectivity index (χ1) is 18.9. The number of hydrogen-bond acceptors (Lipinski definition) is 9. The predicted molar refractivity (Wildman–Crippen MR) is 152 cm³/mol. The van der Waals surface area contributed by atoms with E-state index in [1.165, 1.54) is 21.6 Å². The third-order valence-corrected chi connectivity index (χ3v) is 9.38. The van der Waals surface area contributed by atoms with E-state index in [9.17, 15) is 13.5 Å². The fourth-order valence-corrected chi connectivity index (χ4v) is 6.86. The highest BCUT2D eigenvalue weighted by atomic mass is 35.5. The van der Waals surface area contributed by atoms with Crippen molar-refractivity contribution in [2.75, 3.05) is 57.1 Å². The molecule has 0 unspecified atom stereocenters. The number of benzene rings is 2. The Morgan fingerprint density at radius 2 is 1.74 bits per heavy atom. The van der Waals surface area contributed by atoms with Gasteiger partial charge in [-0.3, -0.25) is 0 Å². The zero-order valence-electron chi connectivity index (χ0n) is 21.9. The summed E-state index contributed by atoms with van der Waals surface area (Å²) < 4.78 is 33.7. The van der Waals surface area contributed by atoms with Gasteiger partial charge in [0, 0.05) is 32.7 Å². The molecule has 0 spiro atoms. The fraction of sp³-hybridized carbons (Fsp3) is 0.407. The summed E-state index contributed by atoms with van der Waals surface area (Å²) in [5.41, 5.74) is 3.53. The van der Waals surface area contributed by atoms with Crippen LogP contribution in [-0.2, 0) is 22.9 Å². The van der Waals surface area contributed by atoms with Crippen molar-refractivity contribution < 1.29 is 18.3 Å². The third-order valence-electron chi connectivity index (χ3n) is 7.15. The lowest BCUT2D eigenvalue weighted by molar-refractivity contribution is 0.201. The molecule has 10 nitrogen and oxygen atoms in total. The Balaban J connectivity index is 1.40. The van der Waals surface area contributed by atoms with Crippen LogP contribution in [-0.4, -0.2) is 79.1 Å². The lowest BCUT2D eigenvalue weighted by atomic mass is 10.0. The minimum atomic E-state index is -3.65. The van der Waals surface area contributed by atoms with E-state index in [1.807, 2.05) is 6.07 Å². The molecule has 1 fully saturated rings. The number of halogens is 1. The van der Waals surface area contributed by atoms with Gasteiger partial charge in [-0.2, -0.15) is 9.29 Å². The zero-order chi connectivity index (χ0) is 27.4. The van der Waals surface area contributed by atoms with Gasteiger partial charge in [-0.15, -0.1) is 0 Å². The number of β-amino-alcohol motifs (C(OH)–C–C–N with tert-alkyl or cyclic N) is 1. The first-order valence-corrected chi connectivity index (χ1v) is 14.9. The number of aliphatic hydroxyl groups excluding tert-OH is 1. The quantitative estimate of drug-likeness (QED) is 0.351. The van der Waals surface area contributed by atoms with E-state index < -0.39 is 10.0 Å². The van der Waals surface area contributed by atoms with Gasteiger partial charge in [0.25, 0.3) is 0 Å². The summed E-state index contributed by atoms with van der Waals surface area (Å²) in [5, 5.41) is 15.9. The summed E-state index contributed by atoms with van der Waals surface area (Å²) in [4.78, 5) is 11.3. The second kappa shape index (κ2) is 12.1. The smallest absolute Gasteiger partial charge is 0.245 e. The molecule has 208 valence electrons. The number of aromatic nitrogens is 2. The average Bonchev–Trinajstić information content (AvgIpc) is 3.42. The van der Waals surface area contributed by atoms with Crippen molar-refractivity contribution in [1.82, 2.24) is 19.2 Å². The Labute approximate surface area is 234 Å². The maximum absolute atomic E-state index is 13.3. The topological polar surface area (TPSA) is 120 Å². The van der Waals surface area contributed by atoms with E-state index >= 15 is 0 Å². The highest BCUT2D eigenvalue weighted by Crippen LogP contribution is 2.34. The highest BCUT2D eigenvalue weighted by molar-refractivity contribution is 7.89. The second-order valence-electron chi connectivity index (χ2n) is 9.63. The average molecular weight is 573 g/mol. The molecule has 2 aliphatic rings. The number of nitrogens with zero attached hydrogens (tertiary/aromatic N) is 4. The number of sulfonamides is 1. The molecule has 3 N–H and O–H groups in total. The van der Waals surface area contributed by atoms with Gasteiger partial charge in [-0.25, -0.2) is 13.4 Å². The number of hydrogen-bond donors (Lipinski definition) is 3. The van der Waals surface area contributed by atoms with E-state index in [1.54, 1.807) is 31.4 Å². The second-order valence-corrected chi connectivity index (χ2v) is 11.9. The number of rotatable bonds is 9. The van der Waals surface area contributed by atoms with E-state index in [0.29, 0.717) is 31.1 Å². The van der Waals surface area contributed by atoms with Crippen molar-refractivity contribution in [2.24, 2.45) is 0 Å². The molecule has 5 rings (SSSR count). The van der Waals surface area contributed by atoms with Crippen LogP contribution in [0.25, 0.3) is 0 Å². The van der Waals surface area contributed by atoms with Crippen molar-refractivity contribution in [3.05, 3.63) is 58.7 Å². The molecule has 2 aliphatic heterocycles. The maximum Gasteiger partial charge on any atom is 0.245 e. The molecule has 1 aromatic heterocycles. The molecular weight excluding hydrogens is 540 g/mol. The molecule has 0 bridgehead atoms. The van der Waals surface area contributed by atoms with Gasteiger partial charge in [-0.05, 0) is 61.1 Å². The lowest BCUT2D eigenvalue weighted by Crippen LogP contribution is -2.29. The number of anilines is 4. The lowest BCUT2D eigenvalue weighted by Gasteiger charge is -2.19. The van der Waals surface area contributed by atoms with Gasteiger partial charge in [0.15, 0.2) is 5.82 Å². The minimum absolute atomic E-state index is 0.144. The van der Waals surface area contributed by atoms with Gasteiger partial charge in [0.2, 0.25) is 16.0 Å². The number of methoxy groups -OCH3 is 1. The van der Waals surface area contributed by atoms with E-state index in [-0.39, 0.29) is 28.3 Å². The van der Waals surface area contributed by atoms with Crippen LogP contribution in [0, 0.1) is 0 Å². The first-order valence-electron chi connectivity index (χ1n) is 13.1. The van der Waals surface area contributed by atoms with Gasteiger partial charge >= 0.3 is 0 Å². The summed E-state index contributed by atoms with van der Waals surface area (Å²) in [7, 11) is -2.03. The number of ether oxygens (including phenoxy) is 1. The standard InChI is InChI=1S/C27H33ClN6O4S/c1-38-24-17-20-9-13-33(14-15-35)12-8-19(20)16-23(24)31-27-29-18-21(28)26(32-27)30-22-6-2-3-7-25(22)39(36,37)34-10-4-5-11-34/h2-3,6-7,16-18,35H,4-5,8-15H2,1H3,(H2,29,30,31,32). The van der Waals surface area contributed by atoms with Crippen LogP contribution in [0.15, 0.2) is 47.5 Å².